The minimum atomic E-state index is 1.13. The van der Waals surface area contributed by atoms with Gasteiger partial charge in [-0.05, 0) is 92.0 Å². The standard InChI is InChI=1S/C42H27NS/c1-2-8-28(9-3-1)29-14-18-32(19-15-29)43(34-21-25-42-40(27-34)39-12-6-7-13-41(39)44-42)33-20-24-36-31(26-33)17-23-37-35-11-5-4-10-30(35)16-22-38(36)37/h1-27H. The number of anilines is 3. The van der Waals surface area contributed by atoms with Crippen molar-refractivity contribution in [2.24, 2.45) is 0 Å². The molecule has 0 amide bonds. The third kappa shape index (κ3) is 4.07. The van der Waals surface area contributed by atoms with Crippen LogP contribution in [0.25, 0.3) is 63.6 Å². The topological polar surface area (TPSA) is 3.24 Å². The highest BCUT2D eigenvalue weighted by Crippen LogP contribution is 2.42. The molecule has 0 fully saturated rings. The summed E-state index contributed by atoms with van der Waals surface area (Å²) in [5.74, 6) is 0. The van der Waals surface area contributed by atoms with Gasteiger partial charge in [0.2, 0.25) is 0 Å². The highest BCUT2D eigenvalue weighted by Gasteiger charge is 2.16. The maximum atomic E-state index is 2.39. The molecule has 1 nitrogen and oxygen atoms in total. The molecule has 0 spiro atoms. The Kier molecular flexibility index (Phi) is 5.75. The first-order valence-corrected chi connectivity index (χ1v) is 15.8. The molecule has 0 saturated heterocycles. The zero-order valence-corrected chi connectivity index (χ0v) is 24.8. The zero-order valence-electron chi connectivity index (χ0n) is 23.9. The van der Waals surface area contributed by atoms with Crippen LogP contribution in [0.5, 0.6) is 0 Å². The first kappa shape index (κ1) is 25.1. The maximum Gasteiger partial charge on any atom is 0.0468 e. The Morgan fingerprint density at radius 3 is 1.73 bits per heavy atom. The fourth-order valence-electron chi connectivity index (χ4n) is 6.69. The summed E-state index contributed by atoms with van der Waals surface area (Å²) in [4.78, 5) is 2.39. The van der Waals surface area contributed by atoms with Crippen molar-refractivity contribution in [3.63, 3.8) is 0 Å². The van der Waals surface area contributed by atoms with Crippen molar-refractivity contribution in [3.05, 3.63) is 164 Å². The average molecular weight is 578 g/mol. The van der Waals surface area contributed by atoms with Crippen molar-refractivity contribution in [2.75, 3.05) is 4.90 Å². The lowest BCUT2D eigenvalue weighted by molar-refractivity contribution is 1.30. The summed E-state index contributed by atoms with van der Waals surface area (Å²) in [7, 11) is 0. The minimum Gasteiger partial charge on any atom is -0.310 e. The molecule has 2 heteroatoms. The molecule has 0 N–H and O–H groups in total. The van der Waals surface area contributed by atoms with Gasteiger partial charge in [0.25, 0.3) is 0 Å². The van der Waals surface area contributed by atoms with Gasteiger partial charge in [-0.3, -0.25) is 0 Å². The van der Waals surface area contributed by atoms with E-state index in [9.17, 15) is 0 Å². The second kappa shape index (κ2) is 10.1. The molecule has 0 aliphatic rings. The lowest BCUT2D eigenvalue weighted by Gasteiger charge is -2.26. The van der Waals surface area contributed by atoms with Crippen LogP contribution < -0.4 is 4.90 Å². The summed E-state index contributed by atoms with van der Waals surface area (Å²) in [6.45, 7) is 0. The van der Waals surface area contributed by atoms with E-state index in [2.05, 4.69) is 169 Å². The van der Waals surface area contributed by atoms with Crippen molar-refractivity contribution < 1.29 is 0 Å². The normalized spacial score (nSPS) is 11.6. The van der Waals surface area contributed by atoms with Gasteiger partial charge < -0.3 is 4.90 Å². The maximum absolute atomic E-state index is 2.39. The smallest absolute Gasteiger partial charge is 0.0468 e. The number of rotatable bonds is 4. The molecule has 9 rings (SSSR count). The summed E-state index contributed by atoms with van der Waals surface area (Å²) in [6.07, 6.45) is 0. The molecule has 0 saturated carbocycles. The molecule has 8 aromatic carbocycles. The summed E-state index contributed by atoms with van der Waals surface area (Å²) >= 11 is 1.86. The SMILES string of the molecule is c1ccc(-c2ccc(N(c3ccc4c(ccc5c6ccccc6ccc45)c3)c3ccc4sc5ccccc5c4c3)cc2)cc1. The molecule has 0 aliphatic carbocycles. The van der Waals surface area contributed by atoms with E-state index in [0.717, 1.165) is 17.1 Å². The van der Waals surface area contributed by atoms with Crippen LogP contribution in [0.3, 0.4) is 0 Å². The monoisotopic (exact) mass is 577 g/mol. The van der Waals surface area contributed by atoms with Crippen LogP contribution in [0.2, 0.25) is 0 Å². The van der Waals surface area contributed by atoms with E-state index < -0.39 is 0 Å². The van der Waals surface area contributed by atoms with Crippen LogP contribution in [-0.2, 0) is 0 Å². The third-order valence-corrected chi connectivity index (χ3v) is 9.99. The lowest BCUT2D eigenvalue weighted by Crippen LogP contribution is -2.09. The Balaban J connectivity index is 1.23. The highest BCUT2D eigenvalue weighted by atomic mass is 32.1. The molecular weight excluding hydrogens is 551 g/mol. The first-order valence-electron chi connectivity index (χ1n) is 15.0. The van der Waals surface area contributed by atoms with Gasteiger partial charge in [0.1, 0.15) is 0 Å². The summed E-state index contributed by atoms with van der Waals surface area (Å²) in [5.41, 5.74) is 5.87. The van der Waals surface area contributed by atoms with Crippen LogP contribution in [0.4, 0.5) is 17.1 Å². The lowest BCUT2D eigenvalue weighted by atomic mass is 9.96. The molecule has 9 aromatic rings. The second-order valence-electron chi connectivity index (χ2n) is 11.4. The van der Waals surface area contributed by atoms with E-state index >= 15 is 0 Å². The van der Waals surface area contributed by atoms with E-state index in [1.54, 1.807) is 0 Å². The molecule has 0 radical (unpaired) electrons. The molecule has 0 unspecified atom stereocenters. The molecule has 206 valence electrons. The highest BCUT2D eigenvalue weighted by molar-refractivity contribution is 7.25. The van der Waals surface area contributed by atoms with Gasteiger partial charge in [0, 0.05) is 37.2 Å². The Bertz CT molecular complexity index is 2490. The second-order valence-corrected chi connectivity index (χ2v) is 12.5. The van der Waals surface area contributed by atoms with Crippen LogP contribution in [-0.4, -0.2) is 0 Å². The predicted octanol–water partition coefficient (Wildman–Crippen LogP) is 12.7. The van der Waals surface area contributed by atoms with Crippen molar-refractivity contribution in [3.8, 4) is 11.1 Å². The van der Waals surface area contributed by atoms with Crippen LogP contribution in [0.15, 0.2) is 164 Å². The molecule has 0 atom stereocenters. The van der Waals surface area contributed by atoms with Crippen LogP contribution in [0, 0.1) is 0 Å². The van der Waals surface area contributed by atoms with Crippen LogP contribution in [0.1, 0.15) is 0 Å². The molecule has 44 heavy (non-hydrogen) atoms. The van der Waals surface area contributed by atoms with Crippen molar-refractivity contribution >= 4 is 80.9 Å². The van der Waals surface area contributed by atoms with Gasteiger partial charge in [0.15, 0.2) is 0 Å². The minimum absolute atomic E-state index is 1.13. The molecule has 1 aromatic heterocycles. The summed E-state index contributed by atoms with van der Waals surface area (Å²) in [6, 6.07) is 59.8. The van der Waals surface area contributed by atoms with Gasteiger partial charge in [-0.2, -0.15) is 0 Å². The fraction of sp³-hybridized carbons (Fsp3) is 0. The van der Waals surface area contributed by atoms with Gasteiger partial charge in [-0.25, -0.2) is 0 Å². The summed E-state index contributed by atoms with van der Waals surface area (Å²) in [5, 5.41) is 10.3. The number of thiophene rings is 1. The average Bonchev–Trinajstić information content (AvgIpc) is 3.47. The molecular formula is C42H27NS. The third-order valence-electron chi connectivity index (χ3n) is 8.83. The van der Waals surface area contributed by atoms with E-state index in [0.29, 0.717) is 0 Å². The molecule has 0 bridgehead atoms. The van der Waals surface area contributed by atoms with E-state index in [1.165, 1.54) is 63.6 Å². The Morgan fingerprint density at radius 2 is 0.886 bits per heavy atom. The first-order chi connectivity index (χ1) is 21.8. The van der Waals surface area contributed by atoms with Gasteiger partial charge in [0.05, 0.1) is 0 Å². The Morgan fingerprint density at radius 1 is 0.318 bits per heavy atom. The zero-order chi connectivity index (χ0) is 29.0. The number of benzene rings is 8. The summed E-state index contributed by atoms with van der Waals surface area (Å²) < 4.78 is 2.63. The van der Waals surface area contributed by atoms with E-state index in [-0.39, 0.29) is 0 Å². The van der Waals surface area contributed by atoms with Gasteiger partial charge in [-0.1, -0.05) is 115 Å². The largest absolute Gasteiger partial charge is 0.310 e. The van der Waals surface area contributed by atoms with E-state index in [4.69, 9.17) is 0 Å². The number of fused-ring (bicyclic) bond motifs is 8. The van der Waals surface area contributed by atoms with Crippen molar-refractivity contribution in [1.29, 1.82) is 0 Å². The number of nitrogens with zero attached hydrogens (tertiary/aromatic N) is 1. The fourth-order valence-corrected chi connectivity index (χ4v) is 7.78. The number of hydrogen-bond acceptors (Lipinski definition) is 2. The Labute approximate surface area is 259 Å². The van der Waals surface area contributed by atoms with Gasteiger partial charge >= 0.3 is 0 Å². The van der Waals surface area contributed by atoms with Gasteiger partial charge in [-0.15, -0.1) is 11.3 Å². The van der Waals surface area contributed by atoms with E-state index in [1.807, 2.05) is 11.3 Å². The molecule has 0 aliphatic heterocycles. The van der Waals surface area contributed by atoms with Crippen molar-refractivity contribution in [2.45, 2.75) is 0 Å². The molecule has 1 heterocycles. The predicted molar refractivity (Wildman–Crippen MR) is 192 cm³/mol. The number of hydrogen-bond donors (Lipinski definition) is 0. The van der Waals surface area contributed by atoms with Crippen molar-refractivity contribution in [1.82, 2.24) is 0 Å². The quantitative estimate of drug-likeness (QED) is 0.188. The van der Waals surface area contributed by atoms with Crippen LogP contribution >= 0.6 is 11.3 Å². The Hall–Kier alpha value is -5.44.